The van der Waals surface area contributed by atoms with E-state index in [0.717, 1.165) is 44.1 Å². The highest BCUT2D eigenvalue weighted by molar-refractivity contribution is 5.79. The van der Waals surface area contributed by atoms with E-state index in [1.807, 2.05) is 0 Å². The molecule has 1 saturated carbocycles. The topological polar surface area (TPSA) is 44.6 Å². The standard InChI is InChI=1S/C17H29N5/c1-2-18-17(19-8-12-21-9-3-4-10-21)20-13-15-7-11-22(14-15)16-5-6-16/h3-4,9-10,15-16H,2,5-8,11-14H2,1H3,(H2,18,19,20). The summed E-state index contributed by atoms with van der Waals surface area (Å²) in [7, 11) is 0. The number of aromatic nitrogens is 1. The molecule has 0 amide bonds. The van der Waals surface area contributed by atoms with E-state index in [9.17, 15) is 0 Å². The molecule has 122 valence electrons. The second kappa shape index (κ2) is 7.68. The Morgan fingerprint density at radius 3 is 2.73 bits per heavy atom. The van der Waals surface area contributed by atoms with Crippen LogP contribution in [-0.4, -0.2) is 54.2 Å². The smallest absolute Gasteiger partial charge is 0.191 e. The van der Waals surface area contributed by atoms with Crippen LogP contribution in [0.3, 0.4) is 0 Å². The first kappa shape index (κ1) is 15.4. The molecule has 2 N–H and O–H groups in total. The molecule has 1 unspecified atom stereocenters. The molecule has 1 aliphatic heterocycles. The Hall–Kier alpha value is -1.49. The average molecular weight is 303 g/mol. The van der Waals surface area contributed by atoms with Crippen molar-refractivity contribution in [3.05, 3.63) is 24.5 Å². The molecule has 1 aromatic heterocycles. The van der Waals surface area contributed by atoms with Crippen molar-refractivity contribution in [2.24, 2.45) is 10.9 Å². The van der Waals surface area contributed by atoms with Gasteiger partial charge in [0.1, 0.15) is 0 Å². The Labute approximate surface area is 133 Å². The van der Waals surface area contributed by atoms with Crippen molar-refractivity contribution >= 4 is 5.96 Å². The quantitative estimate of drug-likeness (QED) is 0.593. The minimum atomic E-state index is 0.737. The maximum Gasteiger partial charge on any atom is 0.191 e. The summed E-state index contributed by atoms with van der Waals surface area (Å²) in [6, 6.07) is 5.03. The number of rotatable bonds is 7. The first-order valence-electron chi connectivity index (χ1n) is 8.72. The highest BCUT2D eigenvalue weighted by Crippen LogP contribution is 2.31. The van der Waals surface area contributed by atoms with Crippen LogP contribution in [0.4, 0.5) is 0 Å². The van der Waals surface area contributed by atoms with Crippen molar-refractivity contribution in [1.82, 2.24) is 20.1 Å². The molecule has 1 aliphatic carbocycles. The van der Waals surface area contributed by atoms with Crippen molar-refractivity contribution in [3.8, 4) is 0 Å². The van der Waals surface area contributed by atoms with Gasteiger partial charge in [-0.1, -0.05) is 0 Å². The lowest BCUT2D eigenvalue weighted by atomic mass is 10.1. The zero-order valence-electron chi connectivity index (χ0n) is 13.7. The number of likely N-dealkylation sites (tertiary alicyclic amines) is 1. The van der Waals surface area contributed by atoms with Crippen LogP contribution in [0.25, 0.3) is 0 Å². The van der Waals surface area contributed by atoms with Crippen LogP contribution in [0.2, 0.25) is 0 Å². The summed E-state index contributed by atoms with van der Waals surface area (Å²) in [5.41, 5.74) is 0. The van der Waals surface area contributed by atoms with Crippen molar-refractivity contribution < 1.29 is 0 Å². The lowest BCUT2D eigenvalue weighted by molar-refractivity contribution is 0.315. The van der Waals surface area contributed by atoms with Crippen LogP contribution < -0.4 is 10.6 Å². The van der Waals surface area contributed by atoms with Crippen molar-refractivity contribution in [2.45, 2.75) is 38.8 Å². The lowest BCUT2D eigenvalue weighted by Gasteiger charge is -2.15. The summed E-state index contributed by atoms with van der Waals surface area (Å²) >= 11 is 0. The van der Waals surface area contributed by atoms with E-state index < -0.39 is 0 Å². The van der Waals surface area contributed by atoms with Gasteiger partial charge in [0.2, 0.25) is 0 Å². The van der Waals surface area contributed by atoms with E-state index in [2.05, 4.69) is 51.6 Å². The van der Waals surface area contributed by atoms with Crippen LogP contribution >= 0.6 is 0 Å². The van der Waals surface area contributed by atoms with E-state index in [1.54, 1.807) is 0 Å². The number of nitrogens with zero attached hydrogens (tertiary/aromatic N) is 3. The summed E-state index contributed by atoms with van der Waals surface area (Å²) < 4.78 is 2.18. The molecule has 0 radical (unpaired) electrons. The van der Waals surface area contributed by atoms with Gasteiger partial charge in [-0.25, -0.2) is 0 Å². The van der Waals surface area contributed by atoms with Gasteiger partial charge in [-0.3, -0.25) is 4.99 Å². The van der Waals surface area contributed by atoms with E-state index in [-0.39, 0.29) is 0 Å². The van der Waals surface area contributed by atoms with Crippen LogP contribution in [0.1, 0.15) is 26.2 Å². The molecule has 1 aromatic rings. The van der Waals surface area contributed by atoms with Crippen molar-refractivity contribution in [1.29, 1.82) is 0 Å². The molecule has 22 heavy (non-hydrogen) atoms. The van der Waals surface area contributed by atoms with Crippen LogP contribution in [-0.2, 0) is 6.54 Å². The zero-order chi connectivity index (χ0) is 15.2. The van der Waals surface area contributed by atoms with Gasteiger partial charge < -0.3 is 20.1 Å². The second-order valence-electron chi connectivity index (χ2n) is 6.45. The molecule has 3 rings (SSSR count). The van der Waals surface area contributed by atoms with Gasteiger partial charge in [-0.15, -0.1) is 0 Å². The maximum atomic E-state index is 4.79. The van der Waals surface area contributed by atoms with E-state index in [4.69, 9.17) is 4.99 Å². The highest BCUT2D eigenvalue weighted by Gasteiger charge is 2.34. The predicted octanol–water partition coefficient (Wildman–Crippen LogP) is 1.53. The fraction of sp³-hybridized carbons (Fsp3) is 0.706. The van der Waals surface area contributed by atoms with Gasteiger partial charge >= 0.3 is 0 Å². The molecule has 5 nitrogen and oxygen atoms in total. The molecule has 1 atom stereocenters. The maximum absolute atomic E-state index is 4.79. The lowest BCUT2D eigenvalue weighted by Crippen LogP contribution is -2.39. The highest BCUT2D eigenvalue weighted by atomic mass is 15.2. The number of hydrogen-bond donors (Lipinski definition) is 2. The first-order valence-corrected chi connectivity index (χ1v) is 8.72. The summed E-state index contributed by atoms with van der Waals surface area (Å²) in [6.45, 7) is 8.37. The number of hydrogen-bond acceptors (Lipinski definition) is 2. The first-order chi connectivity index (χ1) is 10.8. The molecule has 0 spiro atoms. The minimum Gasteiger partial charge on any atom is -0.357 e. The average Bonchev–Trinajstić information content (AvgIpc) is 3.05. The third-order valence-electron chi connectivity index (χ3n) is 4.56. The number of aliphatic imine (C=N–C) groups is 1. The van der Waals surface area contributed by atoms with Gasteiger partial charge in [0.25, 0.3) is 0 Å². The molecule has 2 aliphatic rings. The Balaban J connectivity index is 1.41. The van der Waals surface area contributed by atoms with Gasteiger partial charge in [0, 0.05) is 51.2 Å². The fourth-order valence-corrected chi connectivity index (χ4v) is 3.17. The molecule has 5 heteroatoms. The minimum absolute atomic E-state index is 0.737. The van der Waals surface area contributed by atoms with Gasteiger partial charge in [0.05, 0.1) is 0 Å². The molecule has 0 aromatic carbocycles. The SMILES string of the molecule is CCNC(=NCC1CCN(C2CC2)C1)NCCn1cccc1. The molecular weight excluding hydrogens is 274 g/mol. The van der Waals surface area contributed by atoms with Crippen molar-refractivity contribution in [3.63, 3.8) is 0 Å². The summed E-state index contributed by atoms with van der Waals surface area (Å²) in [5, 5.41) is 6.78. The van der Waals surface area contributed by atoms with Gasteiger partial charge in [0.15, 0.2) is 5.96 Å². The molecule has 2 heterocycles. The van der Waals surface area contributed by atoms with Gasteiger partial charge in [-0.05, 0) is 50.8 Å². The monoisotopic (exact) mass is 303 g/mol. The normalized spacial score (nSPS) is 23.0. The Bertz CT molecular complexity index is 463. The fourth-order valence-electron chi connectivity index (χ4n) is 3.17. The third kappa shape index (κ3) is 4.50. The van der Waals surface area contributed by atoms with Gasteiger partial charge in [-0.2, -0.15) is 0 Å². The molecular formula is C17H29N5. The Morgan fingerprint density at radius 2 is 2.00 bits per heavy atom. The Kier molecular flexibility index (Phi) is 5.38. The van der Waals surface area contributed by atoms with E-state index in [1.165, 1.54) is 32.4 Å². The second-order valence-corrected chi connectivity index (χ2v) is 6.45. The van der Waals surface area contributed by atoms with E-state index in [0.29, 0.717) is 0 Å². The summed E-state index contributed by atoms with van der Waals surface area (Å²) in [5.74, 6) is 1.69. The third-order valence-corrected chi connectivity index (χ3v) is 4.56. The number of guanidine groups is 1. The molecule has 2 fully saturated rings. The van der Waals surface area contributed by atoms with Crippen LogP contribution in [0, 0.1) is 5.92 Å². The predicted molar refractivity (Wildman–Crippen MR) is 91.1 cm³/mol. The van der Waals surface area contributed by atoms with Crippen LogP contribution in [0.5, 0.6) is 0 Å². The number of nitrogens with one attached hydrogen (secondary N) is 2. The van der Waals surface area contributed by atoms with Crippen molar-refractivity contribution in [2.75, 3.05) is 32.7 Å². The largest absolute Gasteiger partial charge is 0.357 e. The van der Waals surface area contributed by atoms with Crippen LogP contribution in [0.15, 0.2) is 29.5 Å². The Morgan fingerprint density at radius 1 is 1.18 bits per heavy atom. The summed E-state index contributed by atoms with van der Waals surface area (Å²) in [6.07, 6.45) is 8.33. The van der Waals surface area contributed by atoms with E-state index >= 15 is 0 Å². The summed E-state index contributed by atoms with van der Waals surface area (Å²) in [4.78, 5) is 7.45. The molecule has 1 saturated heterocycles. The zero-order valence-corrected chi connectivity index (χ0v) is 13.7. The molecule has 0 bridgehead atoms.